The Morgan fingerprint density at radius 3 is 2.00 bits per heavy atom. The van der Waals surface area contributed by atoms with Crippen LogP contribution in [0.5, 0.6) is 17.2 Å². The molecule has 0 bridgehead atoms. The molecule has 6 heteroatoms. The number of benzene rings is 3. The molecule has 0 aliphatic rings. The quantitative estimate of drug-likeness (QED) is 0.342. The number of carbonyl (C=O) groups is 1. The van der Waals surface area contributed by atoms with Crippen molar-refractivity contribution in [1.29, 1.82) is 0 Å². The molecule has 0 saturated carbocycles. The molecule has 0 heterocycles. The molecule has 0 fully saturated rings. The Balaban J connectivity index is 0.00000300. The van der Waals surface area contributed by atoms with Crippen molar-refractivity contribution in [1.82, 2.24) is 0 Å². The first-order chi connectivity index (χ1) is 13.5. The van der Waals surface area contributed by atoms with Gasteiger partial charge in [0.15, 0.2) is 6.10 Å². The topological polar surface area (TPSA) is 44.8 Å². The zero-order valence-electron chi connectivity index (χ0n) is 16.1. The predicted octanol–water partition coefficient (Wildman–Crippen LogP) is 3.87. The summed E-state index contributed by atoms with van der Waals surface area (Å²) < 4.78 is 17.1. The van der Waals surface area contributed by atoms with Gasteiger partial charge < -0.3 is 14.2 Å². The van der Waals surface area contributed by atoms with Crippen LogP contribution in [0.3, 0.4) is 0 Å². The summed E-state index contributed by atoms with van der Waals surface area (Å²) in [5, 5.41) is 0.791. The van der Waals surface area contributed by atoms with Crippen molar-refractivity contribution in [3.63, 3.8) is 0 Å². The average molecular weight is 402 g/mol. The normalized spacial score (nSPS) is 11.2. The Morgan fingerprint density at radius 2 is 1.45 bits per heavy atom. The van der Waals surface area contributed by atoms with E-state index in [1.807, 2.05) is 49.4 Å². The van der Waals surface area contributed by atoms with Crippen LogP contribution >= 0.6 is 9.24 Å². The van der Waals surface area contributed by atoms with Crippen molar-refractivity contribution in [3.8, 4) is 17.2 Å². The first-order valence-corrected chi connectivity index (χ1v) is 9.45. The van der Waals surface area contributed by atoms with Gasteiger partial charge in [0.1, 0.15) is 17.2 Å². The summed E-state index contributed by atoms with van der Waals surface area (Å²) in [6, 6.07) is 20.4. The van der Waals surface area contributed by atoms with Gasteiger partial charge in [0.05, 0.1) is 19.5 Å². The first-order valence-electron chi connectivity index (χ1n) is 8.88. The molecule has 0 N–H and O–H groups in total. The van der Waals surface area contributed by atoms with Crippen molar-refractivity contribution in [3.05, 3.63) is 83.4 Å². The van der Waals surface area contributed by atoms with Gasteiger partial charge in [-0.25, -0.2) is 0 Å². The van der Waals surface area contributed by atoms with E-state index in [2.05, 4.69) is 9.24 Å². The molecule has 3 rings (SSSR count). The zero-order chi connectivity index (χ0) is 20.1. The van der Waals surface area contributed by atoms with Crippen LogP contribution in [0.1, 0.15) is 27.6 Å². The Bertz CT molecular complexity index is 951. The second kappa shape index (κ2) is 10.5. The molecule has 146 valence electrons. The van der Waals surface area contributed by atoms with Crippen molar-refractivity contribution in [2.75, 3.05) is 14.2 Å². The summed E-state index contributed by atoms with van der Waals surface area (Å²) in [6.45, 7) is 1.97. The van der Waals surface area contributed by atoms with Crippen molar-refractivity contribution in [2.24, 2.45) is 0 Å². The van der Waals surface area contributed by atoms with Crippen molar-refractivity contribution >= 4 is 39.2 Å². The molecule has 0 spiro atoms. The van der Waals surface area contributed by atoms with Gasteiger partial charge in [-0.3, -0.25) is 4.79 Å². The molecule has 0 aliphatic heterocycles. The number of methoxy groups -OCH3 is 2. The second-order valence-electron chi connectivity index (χ2n) is 6.33. The van der Waals surface area contributed by atoms with E-state index >= 15 is 0 Å². The fourth-order valence-electron chi connectivity index (χ4n) is 3.01. The van der Waals surface area contributed by atoms with Gasteiger partial charge in [-0.1, -0.05) is 63.8 Å². The number of hydrogen-bond acceptors (Lipinski definition) is 4. The third-order valence-corrected chi connectivity index (χ3v) is 5.11. The summed E-state index contributed by atoms with van der Waals surface area (Å²) >= 11 is 0. The Labute approximate surface area is 185 Å². The third kappa shape index (κ3) is 5.22. The molecule has 4 nitrogen and oxygen atoms in total. The molecule has 0 aromatic heterocycles. The molecule has 3 aromatic carbocycles. The van der Waals surface area contributed by atoms with Crippen LogP contribution in [0.25, 0.3) is 0 Å². The van der Waals surface area contributed by atoms with E-state index in [0.29, 0.717) is 22.8 Å². The predicted molar refractivity (Wildman–Crippen MR) is 121 cm³/mol. The number of Topliss-reactive ketones (excluding diaryl/α,β-unsaturated/α-hetero) is 1. The van der Waals surface area contributed by atoms with Crippen LogP contribution in [0.4, 0.5) is 0 Å². The van der Waals surface area contributed by atoms with Gasteiger partial charge in [-0.15, -0.1) is 0 Å². The Morgan fingerprint density at radius 1 is 0.897 bits per heavy atom. The fraction of sp³-hybridized carbons (Fsp3) is 0.174. The number of aryl methyl sites for hydroxylation is 1. The van der Waals surface area contributed by atoms with Crippen molar-refractivity contribution in [2.45, 2.75) is 13.0 Å². The van der Waals surface area contributed by atoms with Gasteiger partial charge in [0.25, 0.3) is 0 Å². The van der Waals surface area contributed by atoms with Gasteiger partial charge in [0.2, 0.25) is 5.78 Å². The number of ether oxygens (including phenoxy) is 3. The van der Waals surface area contributed by atoms with Crippen LogP contribution in [0.15, 0.2) is 66.7 Å². The minimum atomic E-state index is -0.784. The number of rotatable bonds is 7. The second-order valence-corrected chi connectivity index (χ2v) is 6.90. The van der Waals surface area contributed by atoms with E-state index in [1.54, 1.807) is 38.5 Å². The maximum atomic E-state index is 13.3. The van der Waals surface area contributed by atoms with Crippen LogP contribution in [0, 0.1) is 6.92 Å². The molecule has 0 saturated heterocycles. The average Bonchev–Trinajstić information content (AvgIpc) is 2.73. The third-order valence-electron chi connectivity index (χ3n) is 4.54. The Hall–Kier alpha value is -2.24. The van der Waals surface area contributed by atoms with Gasteiger partial charge in [0, 0.05) is 23.3 Å². The van der Waals surface area contributed by atoms with E-state index in [-0.39, 0.29) is 24.6 Å². The van der Waals surface area contributed by atoms with E-state index < -0.39 is 6.10 Å². The molecule has 0 radical (unpaired) electrons. The first kappa shape index (κ1) is 23.0. The van der Waals surface area contributed by atoms with E-state index in [0.717, 1.165) is 16.4 Å². The number of ketones is 1. The summed E-state index contributed by atoms with van der Waals surface area (Å²) in [6.07, 6.45) is -0.784. The van der Waals surface area contributed by atoms with Gasteiger partial charge in [-0.2, -0.15) is 0 Å². The van der Waals surface area contributed by atoms with E-state index in [1.165, 1.54) is 0 Å². The maximum absolute atomic E-state index is 13.3. The molecule has 2 unspecified atom stereocenters. The zero-order valence-corrected chi connectivity index (χ0v) is 17.3. The molecule has 0 amide bonds. The molecule has 29 heavy (non-hydrogen) atoms. The standard InChI is InChI=1S/C23H23O4P.Li.H/c1-15-9-7-8-12-18(15)22(21(24)16-10-5-4-6-11-16)27-17-13-19(25-2)23(28)20(14-17)26-3;;/h4-14,22H,28H2,1-3H3;;. The molecular formula is C23H24LiO4P. The van der Waals surface area contributed by atoms with E-state index in [4.69, 9.17) is 14.2 Å². The SMILES string of the molecule is COc1cc(OC(C(=O)c2ccccc2)c2ccccc2C)cc(OC)c1P.[LiH]. The monoisotopic (exact) mass is 402 g/mol. The number of carbonyl (C=O) groups excluding carboxylic acids is 1. The molecular weight excluding hydrogens is 378 g/mol. The summed E-state index contributed by atoms with van der Waals surface area (Å²) in [4.78, 5) is 13.3. The van der Waals surface area contributed by atoms with Crippen LogP contribution in [-0.4, -0.2) is 38.9 Å². The van der Waals surface area contributed by atoms with E-state index in [9.17, 15) is 4.79 Å². The number of hydrogen-bond donors (Lipinski definition) is 0. The van der Waals surface area contributed by atoms with Crippen LogP contribution < -0.4 is 19.5 Å². The molecule has 3 aromatic rings. The van der Waals surface area contributed by atoms with Gasteiger partial charge >= 0.3 is 18.9 Å². The van der Waals surface area contributed by atoms with Gasteiger partial charge in [-0.05, 0) is 12.5 Å². The van der Waals surface area contributed by atoms with Crippen LogP contribution in [-0.2, 0) is 0 Å². The fourth-order valence-corrected chi connectivity index (χ4v) is 3.41. The molecule has 0 aliphatic carbocycles. The van der Waals surface area contributed by atoms with Crippen molar-refractivity contribution < 1.29 is 19.0 Å². The minimum absolute atomic E-state index is 0. The summed E-state index contributed by atoms with van der Waals surface area (Å²) in [5.74, 6) is 1.60. The Kier molecular flexibility index (Phi) is 8.35. The summed E-state index contributed by atoms with van der Waals surface area (Å²) in [5.41, 5.74) is 2.40. The molecule has 2 atom stereocenters. The summed E-state index contributed by atoms with van der Waals surface area (Å²) in [7, 11) is 5.76. The van der Waals surface area contributed by atoms with Crippen LogP contribution in [0.2, 0.25) is 0 Å².